The molecule has 2 aromatic rings. The Balaban J connectivity index is 1.87. The average Bonchev–Trinajstić information content (AvgIpc) is 2.92. The highest BCUT2D eigenvalue weighted by atomic mass is 35.5. The molecule has 0 bridgehead atoms. The van der Waals surface area contributed by atoms with E-state index in [0.717, 1.165) is 37.6 Å². The summed E-state index contributed by atoms with van der Waals surface area (Å²) in [5.74, 6) is 1.88. The summed E-state index contributed by atoms with van der Waals surface area (Å²) in [6.45, 7) is 3.49. The molecule has 0 spiro atoms. The van der Waals surface area contributed by atoms with Crippen LogP contribution in [0.3, 0.4) is 0 Å². The van der Waals surface area contributed by atoms with Crippen LogP contribution in [0.25, 0.3) is 0 Å². The molecule has 0 saturated carbocycles. The van der Waals surface area contributed by atoms with Gasteiger partial charge in [0.05, 0.1) is 11.9 Å². The average molecular weight is 309 g/mol. The fourth-order valence-electron chi connectivity index (χ4n) is 2.67. The summed E-state index contributed by atoms with van der Waals surface area (Å²) in [5, 5.41) is 11.4. The van der Waals surface area contributed by atoms with Crippen molar-refractivity contribution >= 4 is 17.3 Å². The first-order valence-corrected chi connectivity index (χ1v) is 7.29. The molecule has 1 fully saturated rings. The second-order valence-corrected chi connectivity index (χ2v) is 5.71. The third-order valence-corrected chi connectivity index (χ3v) is 4.16. The summed E-state index contributed by atoms with van der Waals surface area (Å²) in [6, 6.07) is 0. The van der Waals surface area contributed by atoms with Crippen LogP contribution in [0.4, 0.5) is 5.69 Å². The molecule has 1 unspecified atom stereocenters. The topological polar surface area (TPSA) is 79.7 Å². The lowest BCUT2D eigenvalue weighted by atomic mass is 9.97. The molecule has 0 aliphatic carbocycles. The second-order valence-electron chi connectivity index (χ2n) is 5.34. The number of piperidine rings is 1. The first-order valence-electron chi connectivity index (χ1n) is 6.92. The van der Waals surface area contributed by atoms with Crippen molar-refractivity contribution in [2.24, 2.45) is 7.05 Å². The van der Waals surface area contributed by atoms with Crippen LogP contribution in [0, 0.1) is 6.92 Å². The van der Waals surface area contributed by atoms with Crippen molar-refractivity contribution in [1.82, 2.24) is 25.0 Å². The number of anilines is 1. The number of nitrogens with zero attached hydrogens (tertiary/aromatic N) is 5. The van der Waals surface area contributed by atoms with Gasteiger partial charge in [0, 0.05) is 26.1 Å². The molecule has 1 aliphatic heterocycles. The van der Waals surface area contributed by atoms with E-state index in [-0.39, 0.29) is 16.5 Å². The molecule has 1 saturated heterocycles. The van der Waals surface area contributed by atoms with Gasteiger partial charge < -0.3 is 4.90 Å². The molecule has 2 aromatic heterocycles. The van der Waals surface area contributed by atoms with Gasteiger partial charge in [0.25, 0.3) is 5.56 Å². The number of hydrogen-bond acceptors (Lipinski definition) is 5. The van der Waals surface area contributed by atoms with E-state index in [1.165, 1.54) is 4.68 Å². The Kier molecular flexibility index (Phi) is 3.67. The smallest absolute Gasteiger partial charge is 0.287 e. The maximum Gasteiger partial charge on any atom is 0.287 e. The lowest BCUT2D eigenvalue weighted by Crippen LogP contribution is -2.36. The Bertz CT molecular complexity index is 709. The highest BCUT2D eigenvalue weighted by molar-refractivity contribution is 6.33. The maximum atomic E-state index is 11.9. The van der Waals surface area contributed by atoms with Crippen LogP contribution < -0.4 is 10.5 Å². The molecule has 112 valence electrons. The van der Waals surface area contributed by atoms with E-state index in [0.29, 0.717) is 5.69 Å². The number of aryl methyl sites for hydroxylation is 2. The van der Waals surface area contributed by atoms with Crippen LogP contribution >= 0.6 is 11.6 Å². The predicted molar refractivity (Wildman–Crippen MR) is 79.8 cm³/mol. The van der Waals surface area contributed by atoms with Crippen LogP contribution in [0.1, 0.15) is 30.4 Å². The first-order chi connectivity index (χ1) is 10.1. The predicted octanol–water partition coefficient (Wildman–Crippen LogP) is 1.24. The van der Waals surface area contributed by atoms with Crippen LogP contribution in [0.2, 0.25) is 5.02 Å². The van der Waals surface area contributed by atoms with Gasteiger partial charge in [0.1, 0.15) is 10.8 Å². The van der Waals surface area contributed by atoms with Gasteiger partial charge in [-0.1, -0.05) is 11.6 Å². The summed E-state index contributed by atoms with van der Waals surface area (Å²) in [6.07, 6.45) is 3.68. The highest BCUT2D eigenvalue weighted by Gasteiger charge is 2.26. The SMILES string of the molecule is Cc1nc(C2CCCN(c3cnn(C)c(=O)c3Cl)C2)n[nH]1. The molecular weight excluding hydrogens is 292 g/mol. The molecule has 1 atom stereocenters. The van der Waals surface area contributed by atoms with Crippen LogP contribution in [-0.2, 0) is 7.05 Å². The molecule has 0 amide bonds. The summed E-state index contributed by atoms with van der Waals surface area (Å²) < 4.78 is 1.24. The second kappa shape index (κ2) is 5.48. The molecule has 1 aliphatic rings. The van der Waals surface area contributed by atoms with Crippen molar-refractivity contribution in [3.8, 4) is 0 Å². The Morgan fingerprint density at radius 1 is 1.48 bits per heavy atom. The van der Waals surface area contributed by atoms with Crippen LogP contribution in [0.5, 0.6) is 0 Å². The van der Waals surface area contributed by atoms with Crippen molar-refractivity contribution in [1.29, 1.82) is 0 Å². The molecule has 3 rings (SSSR count). The Labute approximate surface area is 126 Å². The third-order valence-electron chi connectivity index (χ3n) is 3.80. The van der Waals surface area contributed by atoms with E-state index in [1.807, 2.05) is 6.92 Å². The van der Waals surface area contributed by atoms with Gasteiger partial charge in [0.15, 0.2) is 5.82 Å². The number of nitrogens with one attached hydrogen (secondary N) is 1. The molecule has 3 heterocycles. The van der Waals surface area contributed by atoms with Gasteiger partial charge in [-0.25, -0.2) is 9.67 Å². The van der Waals surface area contributed by atoms with Gasteiger partial charge in [-0.05, 0) is 19.8 Å². The van der Waals surface area contributed by atoms with Crippen molar-refractivity contribution in [2.75, 3.05) is 18.0 Å². The van der Waals surface area contributed by atoms with Crippen molar-refractivity contribution in [3.63, 3.8) is 0 Å². The zero-order valence-corrected chi connectivity index (χ0v) is 12.8. The number of H-pyrrole nitrogens is 1. The fourth-order valence-corrected chi connectivity index (χ4v) is 2.96. The van der Waals surface area contributed by atoms with E-state index in [2.05, 4.69) is 25.2 Å². The van der Waals surface area contributed by atoms with Crippen LogP contribution in [0.15, 0.2) is 11.0 Å². The van der Waals surface area contributed by atoms with Crippen molar-refractivity contribution < 1.29 is 0 Å². The van der Waals surface area contributed by atoms with E-state index in [9.17, 15) is 4.79 Å². The Hall–Kier alpha value is -1.89. The van der Waals surface area contributed by atoms with Gasteiger partial charge >= 0.3 is 0 Å². The highest BCUT2D eigenvalue weighted by Crippen LogP contribution is 2.30. The standard InChI is InChI=1S/C13H17ClN6O/c1-8-16-12(18-17-8)9-4-3-5-20(7-9)10-6-15-19(2)13(21)11(10)14/h6,9H,3-5,7H2,1-2H3,(H,16,17,18). The largest absolute Gasteiger partial charge is 0.368 e. The van der Waals surface area contributed by atoms with Crippen molar-refractivity contribution in [2.45, 2.75) is 25.7 Å². The zero-order valence-electron chi connectivity index (χ0n) is 12.0. The molecule has 8 heteroatoms. The van der Waals surface area contributed by atoms with E-state index in [4.69, 9.17) is 11.6 Å². The van der Waals surface area contributed by atoms with Gasteiger partial charge in [-0.15, -0.1) is 0 Å². The fraction of sp³-hybridized carbons (Fsp3) is 0.538. The van der Waals surface area contributed by atoms with E-state index < -0.39 is 0 Å². The first kappa shape index (κ1) is 14.1. The minimum Gasteiger partial charge on any atom is -0.368 e. The Morgan fingerprint density at radius 2 is 2.29 bits per heavy atom. The van der Waals surface area contributed by atoms with Gasteiger partial charge in [0.2, 0.25) is 0 Å². The van der Waals surface area contributed by atoms with Crippen LogP contribution in [-0.4, -0.2) is 38.1 Å². The number of rotatable bonds is 2. The lowest BCUT2D eigenvalue weighted by molar-refractivity contribution is 0.491. The summed E-state index contributed by atoms with van der Waals surface area (Å²) in [5.41, 5.74) is 0.418. The van der Waals surface area contributed by atoms with E-state index in [1.54, 1.807) is 13.2 Å². The Morgan fingerprint density at radius 3 is 3.00 bits per heavy atom. The molecule has 21 heavy (non-hydrogen) atoms. The van der Waals surface area contributed by atoms with Gasteiger partial charge in [-0.2, -0.15) is 10.2 Å². The van der Waals surface area contributed by atoms with Crippen molar-refractivity contribution in [3.05, 3.63) is 33.2 Å². The summed E-state index contributed by atoms with van der Waals surface area (Å²) in [4.78, 5) is 18.4. The quantitative estimate of drug-likeness (QED) is 0.903. The minimum absolute atomic E-state index is 0.222. The lowest BCUT2D eigenvalue weighted by Gasteiger charge is -2.33. The summed E-state index contributed by atoms with van der Waals surface area (Å²) in [7, 11) is 1.59. The number of hydrogen-bond donors (Lipinski definition) is 1. The molecule has 0 aromatic carbocycles. The maximum absolute atomic E-state index is 11.9. The monoisotopic (exact) mass is 308 g/mol. The molecule has 0 radical (unpaired) electrons. The molecular formula is C13H17ClN6O. The number of aromatic nitrogens is 5. The van der Waals surface area contributed by atoms with E-state index >= 15 is 0 Å². The third kappa shape index (κ3) is 2.65. The summed E-state index contributed by atoms with van der Waals surface area (Å²) >= 11 is 6.18. The number of aromatic amines is 1. The molecule has 7 nitrogen and oxygen atoms in total. The minimum atomic E-state index is -0.273. The normalized spacial score (nSPS) is 19.0. The van der Waals surface area contributed by atoms with Gasteiger partial charge in [-0.3, -0.25) is 9.89 Å². The number of halogens is 1. The zero-order chi connectivity index (χ0) is 15.0. The molecule has 1 N–H and O–H groups in total.